The molecule has 0 aliphatic rings. The van der Waals surface area contributed by atoms with Crippen LogP contribution in [0.25, 0.3) is 0 Å². The molecule has 1 aromatic carbocycles. The number of halogens is 1. The Morgan fingerprint density at radius 3 is 2.42 bits per heavy atom. The molecule has 1 atom stereocenters. The molecule has 0 heterocycles. The molecule has 0 fully saturated rings. The fourth-order valence-corrected chi connectivity index (χ4v) is 1.68. The second kappa shape index (κ2) is 6.29. The summed E-state index contributed by atoms with van der Waals surface area (Å²) in [6.07, 6.45) is 0. The van der Waals surface area contributed by atoms with Crippen LogP contribution in [0.1, 0.15) is 17.3 Å². The number of carboxylic acids is 1. The van der Waals surface area contributed by atoms with E-state index < -0.39 is 17.9 Å². The maximum atomic E-state index is 11.9. The predicted molar refractivity (Wildman–Crippen MR) is 69.1 cm³/mol. The maximum absolute atomic E-state index is 11.9. The molecule has 7 heteroatoms. The molecule has 1 amide bonds. The van der Waals surface area contributed by atoms with Gasteiger partial charge in [-0.15, -0.1) is 0 Å². The zero-order valence-electron chi connectivity index (χ0n) is 10.7. The van der Waals surface area contributed by atoms with Crippen LogP contribution in [0, 0.1) is 0 Å². The van der Waals surface area contributed by atoms with E-state index in [-0.39, 0.29) is 10.6 Å². The first kappa shape index (κ1) is 15.1. The van der Waals surface area contributed by atoms with Crippen molar-refractivity contribution in [2.24, 2.45) is 0 Å². The van der Waals surface area contributed by atoms with Crippen LogP contribution in [0.15, 0.2) is 12.1 Å². The van der Waals surface area contributed by atoms with Gasteiger partial charge in [0.25, 0.3) is 5.91 Å². The number of hydrogen-bond acceptors (Lipinski definition) is 4. The molecule has 1 rings (SSSR count). The van der Waals surface area contributed by atoms with Crippen LogP contribution in [-0.4, -0.2) is 37.2 Å². The minimum atomic E-state index is -1.13. The summed E-state index contributed by atoms with van der Waals surface area (Å²) in [5, 5.41) is 11.3. The third-order valence-electron chi connectivity index (χ3n) is 2.41. The van der Waals surface area contributed by atoms with Gasteiger partial charge in [-0.25, -0.2) is 0 Å². The summed E-state index contributed by atoms with van der Waals surface area (Å²) in [6.45, 7) is 1.36. The van der Waals surface area contributed by atoms with Gasteiger partial charge in [-0.05, 0) is 19.1 Å². The third kappa shape index (κ3) is 3.51. The summed E-state index contributed by atoms with van der Waals surface area (Å²) in [5.41, 5.74) is 0.191. The number of benzene rings is 1. The third-order valence-corrected chi connectivity index (χ3v) is 2.69. The SMILES string of the molecule is COc1cc(C(=O)N[C@@H](C)C(=O)O)cc(Cl)c1OC. The molecule has 6 nitrogen and oxygen atoms in total. The van der Waals surface area contributed by atoms with Crippen molar-refractivity contribution in [2.45, 2.75) is 13.0 Å². The van der Waals surface area contributed by atoms with E-state index in [0.717, 1.165) is 0 Å². The molecule has 0 unspecified atom stereocenters. The smallest absolute Gasteiger partial charge is 0.325 e. The predicted octanol–water partition coefficient (Wildman–Crippen LogP) is 1.56. The van der Waals surface area contributed by atoms with Crippen molar-refractivity contribution in [3.63, 3.8) is 0 Å². The molecule has 2 N–H and O–H groups in total. The molecule has 0 radical (unpaired) electrons. The van der Waals surface area contributed by atoms with Gasteiger partial charge in [-0.2, -0.15) is 0 Å². The first-order valence-electron chi connectivity index (χ1n) is 5.35. The highest BCUT2D eigenvalue weighted by atomic mass is 35.5. The Morgan fingerprint density at radius 1 is 1.32 bits per heavy atom. The average Bonchev–Trinajstić information content (AvgIpc) is 2.37. The van der Waals surface area contributed by atoms with Gasteiger partial charge in [-0.1, -0.05) is 11.6 Å². The lowest BCUT2D eigenvalue weighted by atomic mass is 10.1. The Hall–Kier alpha value is -1.95. The number of methoxy groups -OCH3 is 2. The molecule has 0 spiro atoms. The second-order valence-electron chi connectivity index (χ2n) is 3.73. The highest BCUT2D eigenvalue weighted by Gasteiger charge is 2.18. The Labute approximate surface area is 115 Å². The number of carbonyl (C=O) groups excluding carboxylic acids is 1. The van der Waals surface area contributed by atoms with Crippen LogP contribution in [0.2, 0.25) is 5.02 Å². The molecule has 0 saturated carbocycles. The van der Waals surface area contributed by atoms with Gasteiger partial charge in [0, 0.05) is 5.56 Å². The van der Waals surface area contributed by atoms with Crippen molar-refractivity contribution in [2.75, 3.05) is 14.2 Å². The van der Waals surface area contributed by atoms with E-state index in [1.165, 1.54) is 33.3 Å². The van der Waals surface area contributed by atoms with Crippen LogP contribution < -0.4 is 14.8 Å². The summed E-state index contributed by atoms with van der Waals surface area (Å²) in [6, 6.07) is 1.81. The molecule has 0 aromatic heterocycles. The molecule has 104 valence electrons. The van der Waals surface area contributed by atoms with Gasteiger partial charge >= 0.3 is 5.97 Å². The van der Waals surface area contributed by atoms with E-state index in [1.807, 2.05) is 0 Å². The molecule has 0 aliphatic carbocycles. The highest BCUT2D eigenvalue weighted by molar-refractivity contribution is 6.32. The lowest BCUT2D eigenvalue weighted by Crippen LogP contribution is -2.38. The van der Waals surface area contributed by atoms with E-state index in [2.05, 4.69) is 5.32 Å². The average molecular weight is 288 g/mol. The zero-order chi connectivity index (χ0) is 14.6. The molecule has 19 heavy (non-hydrogen) atoms. The quantitative estimate of drug-likeness (QED) is 0.858. The van der Waals surface area contributed by atoms with Gasteiger partial charge in [0.2, 0.25) is 0 Å². The van der Waals surface area contributed by atoms with Gasteiger partial charge in [-0.3, -0.25) is 9.59 Å². The molecule has 0 saturated heterocycles. The summed E-state index contributed by atoms with van der Waals surface area (Å²) in [7, 11) is 2.84. The number of aliphatic carboxylic acids is 1. The lowest BCUT2D eigenvalue weighted by molar-refractivity contribution is -0.138. The van der Waals surface area contributed by atoms with Crippen molar-refractivity contribution in [3.05, 3.63) is 22.7 Å². The minimum Gasteiger partial charge on any atom is -0.493 e. The van der Waals surface area contributed by atoms with E-state index in [4.69, 9.17) is 26.2 Å². The van der Waals surface area contributed by atoms with Gasteiger partial charge in [0.05, 0.1) is 19.2 Å². The van der Waals surface area contributed by atoms with E-state index >= 15 is 0 Å². The molecule has 1 aromatic rings. The van der Waals surface area contributed by atoms with Gasteiger partial charge in [0.1, 0.15) is 6.04 Å². The first-order chi connectivity index (χ1) is 8.90. The van der Waals surface area contributed by atoms with E-state index in [0.29, 0.717) is 11.5 Å². The zero-order valence-corrected chi connectivity index (χ0v) is 11.4. The van der Waals surface area contributed by atoms with Crippen molar-refractivity contribution >= 4 is 23.5 Å². The van der Waals surface area contributed by atoms with E-state index in [9.17, 15) is 9.59 Å². The topological polar surface area (TPSA) is 84.9 Å². The molecule has 0 bridgehead atoms. The fourth-order valence-electron chi connectivity index (χ4n) is 1.39. The summed E-state index contributed by atoms with van der Waals surface area (Å²) >= 11 is 5.96. The standard InChI is InChI=1S/C12H14ClNO5/c1-6(12(16)17)14-11(15)7-4-8(13)10(19-3)9(5-7)18-2/h4-6H,1-3H3,(H,14,15)(H,16,17)/t6-/m0/s1. The Kier molecular flexibility index (Phi) is 5.00. The number of hydrogen-bond donors (Lipinski definition) is 2. The van der Waals surface area contributed by atoms with E-state index in [1.54, 1.807) is 0 Å². The maximum Gasteiger partial charge on any atom is 0.325 e. The fraction of sp³-hybridized carbons (Fsp3) is 0.333. The first-order valence-corrected chi connectivity index (χ1v) is 5.73. The highest BCUT2D eigenvalue weighted by Crippen LogP contribution is 2.35. The molecular formula is C12H14ClNO5. The van der Waals surface area contributed by atoms with Gasteiger partial charge < -0.3 is 19.9 Å². The van der Waals surface area contributed by atoms with Crippen LogP contribution in [-0.2, 0) is 4.79 Å². The number of carbonyl (C=O) groups is 2. The van der Waals surface area contributed by atoms with Crippen LogP contribution >= 0.6 is 11.6 Å². The largest absolute Gasteiger partial charge is 0.493 e. The van der Waals surface area contributed by atoms with Crippen molar-refractivity contribution in [1.29, 1.82) is 0 Å². The van der Waals surface area contributed by atoms with Crippen LogP contribution in [0.4, 0.5) is 0 Å². The summed E-state index contributed by atoms with van der Waals surface area (Å²) < 4.78 is 10.1. The lowest BCUT2D eigenvalue weighted by Gasteiger charge is -2.13. The number of nitrogens with one attached hydrogen (secondary N) is 1. The number of carboxylic acid groups (broad SMARTS) is 1. The summed E-state index contributed by atoms with van der Waals surface area (Å²) in [5.74, 6) is -1.08. The number of amides is 1. The minimum absolute atomic E-state index is 0.191. The normalized spacial score (nSPS) is 11.6. The summed E-state index contributed by atoms with van der Waals surface area (Å²) in [4.78, 5) is 22.5. The van der Waals surface area contributed by atoms with Crippen molar-refractivity contribution in [3.8, 4) is 11.5 Å². The van der Waals surface area contributed by atoms with Crippen LogP contribution in [0.5, 0.6) is 11.5 Å². The second-order valence-corrected chi connectivity index (χ2v) is 4.13. The van der Waals surface area contributed by atoms with Crippen molar-refractivity contribution < 1.29 is 24.2 Å². The number of ether oxygens (including phenoxy) is 2. The monoisotopic (exact) mass is 287 g/mol. The van der Waals surface area contributed by atoms with Gasteiger partial charge in [0.15, 0.2) is 11.5 Å². The Bertz CT molecular complexity index is 503. The Morgan fingerprint density at radius 2 is 1.95 bits per heavy atom. The Balaban J connectivity index is 3.05. The number of rotatable bonds is 5. The molecule has 0 aliphatic heterocycles. The van der Waals surface area contributed by atoms with Crippen LogP contribution in [0.3, 0.4) is 0 Å². The van der Waals surface area contributed by atoms with Crippen molar-refractivity contribution in [1.82, 2.24) is 5.32 Å². The molecular weight excluding hydrogens is 274 g/mol.